The Balaban J connectivity index is 1.58. The van der Waals surface area contributed by atoms with Gasteiger partial charge in [-0.25, -0.2) is 4.99 Å². The highest BCUT2D eigenvalue weighted by molar-refractivity contribution is 8.18. The first-order valence-corrected chi connectivity index (χ1v) is 9.40. The molecule has 1 saturated heterocycles. The van der Waals surface area contributed by atoms with Gasteiger partial charge in [0.05, 0.1) is 10.6 Å². The molecule has 1 aromatic heterocycles. The van der Waals surface area contributed by atoms with Crippen molar-refractivity contribution in [2.24, 2.45) is 4.99 Å². The van der Waals surface area contributed by atoms with Gasteiger partial charge in [-0.05, 0) is 43.0 Å². The van der Waals surface area contributed by atoms with Crippen LogP contribution in [-0.2, 0) is 4.79 Å². The van der Waals surface area contributed by atoms with E-state index < -0.39 is 0 Å². The molecule has 0 N–H and O–H groups in total. The average molecular weight is 374 g/mol. The smallest absolute Gasteiger partial charge is 0.266 e. The van der Waals surface area contributed by atoms with Gasteiger partial charge in [0, 0.05) is 18.7 Å². The maximum Gasteiger partial charge on any atom is 0.266 e. The van der Waals surface area contributed by atoms with E-state index in [9.17, 15) is 4.79 Å². The number of amidine groups is 1. The van der Waals surface area contributed by atoms with Gasteiger partial charge in [-0.2, -0.15) is 0 Å². The highest BCUT2D eigenvalue weighted by Crippen LogP contribution is 2.34. The van der Waals surface area contributed by atoms with Gasteiger partial charge in [0.2, 0.25) is 0 Å². The van der Waals surface area contributed by atoms with Crippen molar-refractivity contribution in [1.29, 1.82) is 0 Å². The fourth-order valence-electron chi connectivity index (χ4n) is 2.70. The third kappa shape index (κ3) is 3.73. The molecular formula is C22H18N2O2S. The van der Waals surface area contributed by atoms with E-state index in [-0.39, 0.29) is 5.91 Å². The molecule has 2 aromatic carbocycles. The van der Waals surface area contributed by atoms with Crippen LogP contribution in [0.4, 0.5) is 5.69 Å². The molecule has 1 aliphatic heterocycles. The van der Waals surface area contributed by atoms with Crippen molar-refractivity contribution in [1.82, 2.24) is 4.90 Å². The van der Waals surface area contributed by atoms with Crippen molar-refractivity contribution in [2.75, 3.05) is 7.05 Å². The molecule has 3 aromatic rings. The molecule has 0 unspecified atom stereocenters. The van der Waals surface area contributed by atoms with Crippen molar-refractivity contribution in [2.45, 2.75) is 6.92 Å². The molecule has 4 rings (SSSR count). The summed E-state index contributed by atoms with van der Waals surface area (Å²) in [5.74, 6) is 1.35. The van der Waals surface area contributed by atoms with Crippen LogP contribution in [0.1, 0.15) is 11.3 Å². The molecule has 1 aliphatic rings. The third-order valence-corrected chi connectivity index (χ3v) is 5.28. The van der Waals surface area contributed by atoms with Gasteiger partial charge < -0.3 is 4.42 Å². The van der Waals surface area contributed by atoms with Gasteiger partial charge in [0.15, 0.2) is 5.17 Å². The number of nitrogens with zero attached hydrogens (tertiary/aromatic N) is 2. The van der Waals surface area contributed by atoms with Crippen molar-refractivity contribution >= 4 is 34.6 Å². The van der Waals surface area contributed by atoms with Gasteiger partial charge in [-0.1, -0.05) is 48.0 Å². The molecular weight excluding hydrogens is 356 g/mol. The first kappa shape index (κ1) is 17.4. The number of carbonyl (C=O) groups is 1. The van der Waals surface area contributed by atoms with Gasteiger partial charge in [0.1, 0.15) is 11.5 Å². The van der Waals surface area contributed by atoms with E-state index in [4.69, 9.17) is 4.42 Å². The van der Waals surface area contributed by atoms with Crippen LogP contribution >= 0.6 is 11.8 Å². The standard InChI is InChI=1S/C22H18N2O2S/c1-15-8-10-16(11-9-15)19-13-12-18(26-19)14-20-21(25)24(2)22(27-20)23-17-6-4-3-5-7-17/h3-14H,1-2H3/b20-14-,23-22+. The van der Waals surface area contributed by atoms with Crippen LogP contribution in [-0.4, -0.2) is 23.0 Å². The van der Waals surface area contributed by atoms with E-state index in [2.05, 4.69) is 11.9 Å². The number of para-hydroxylation sites is 1. The van der Waals surface area contributed by atoms with Gasteiger partial charge in [-0.15, -0.1) is 0 Å². The minimum absolute atomic E-state index is 0.0806. The predicted molar refractivity (Wildman–Crippen MR) is 111 cm³/mol. The van der Waals surface area contributed by atoms with E-state index >= 15 is 0 Å². The molecule has 0 saturated carbocycles. The largest absolute Gasteiger partial charge is 0.457 e. The molecule has 0 bridgehead atoms. The number of likely N-dealkylation sites (N-methyl/N-ethyl adjacent to an activating group) is 1. The van der Waals surface area contributed by atoms with Crippen LogP contribution in [0.5, 0.6) is 0 Å². The van der Waals surface area contributed by atoms with Gasteiger partial charge >= 0.3 is 0 Å². The van der Waals surface area contributed by atoms with E-state index in [0.29, 0.717) is 15.8 Å². The van der Waals surface area contributed by atoms with E-state index in [0.717, 1.165) is 17.0 Å². The Kier molecular flexibility index (Phi) is 4.69. The zero-order valence-corrected chi connectivity index (χ0v) is 15.9. The fourth-order valence-corrected chi connectivity index (χ4v) is 3.66. The lowest BCUT2D eigenvalue weighted by atomic mass is 10.1. The first-order valence-electron chi connectivity index (χ1n) is 8.58. The molecule has 0 spiro atoms. The maximum atomic E-state index is 12.5. The van der Waals surface area contributed by atoms with Gasteiger partial charge in [0.25, 0.3) is 5.91 Å². The number of furan rings is 1. The lowest BCUT2D eigenvalue weighted by Gasteiger charge is -2.06. The summed E-state index contributed by atoms with van der Waals surface area (Å²) >= 11 is 1.35. The normalized spacial score (nSPS) is 17.3. The number of amides is 1. The highest BCUT2D eigenvalue weighted by atomic mass is 32.2. The molecule has 0 atom stereocenters. The second-order valence-corrected chi connectivity index (χ2v) is 7.28. The summed E-state index contributed by atoms with van der Waals surface area (Å²) < 4.78 is 5.91. The summed E-state index contributed by atoms with van der Waals surface area (Å²) in [5, 5.41) is 0.655. The highest BCUT2D eigenvalue weighted by Gasteiger charge is 2.30. The van der Waals surface area contributed by atoms with Crippen LogP contribution in [0.25, 0.3) is 17.4 Å². The Labute approximate surface area is 162 Å². The van der Waals surface area contributed by atoms with Crippen molar-refractivity contribution in [3.8, 4) is 11.3 Å². The van der Waals surface area contributed by atoms with Crippen molar-refractivity contribution in [3.05, 3.63) is 83.0 Å². The molecule has 2 heterocycles. The number of carbonyl (C=O) groups excluding carboxylic acids is 1. The van der Waals surface area contributed by atoms with Crippen LogP contribution in [0.3, 0.4) is 0 Å². The average Bonchev–Trinajstić information content (AvgIpc) is 3.24. The zero-order valence-electron chi connectivity index (χ0n) is 15.0. The molecule has 4 nitrogen and oxygen atoms in total. The number of hydrogen-bond donors (Lipinski definition) is 0. The molecule has 1 amide bonds. The summed E-state index contributed by atoms with van der Waals surface area (Å²) in [6.07, 6.45) is 1.77. The molecule has 134 valence electrons. The van der Waals surface area contributed by atoms with Crippen LogP contribution in [0, 0.1) is 6.92 Å². The molecule has 0 aliphatic carbocycles. The molecule has 27 heavy (non-hydrogen) atoms. The summed E-state index contributed by atoms with van der Waals surface area (Å²) in [4.78, 5) is 19.3. The van der Waals surface area contributed by atoms with Gasteiger partial charge in [-0.3, -0.25) is 9.69 Å². The van der Waals surface area contributed by atoms with Crippen LogP contribution in [0.15, 0.2) is 81.0 Å². The number of thioether (sulfide) groups is 1. The van der Waals surface area contributed by atoms with E-state index in [1.54, 1.807) is 18.0 Å². The third-order valence-electron chi connectivity index (χ3n) is 4.22. The summed E-state index contributed by atoms with van der Waals surface area (Å²) in [5.41, 5.74) is 3.04. The van der Waals surface area contributed by atoms with E-state index in [1.807, 2.05) is 66.7 Å². The molecule has 0 radical (unpaired) electrons. The van der Waals surface area contributed by atoms with Crippen LogP contribution < -0.4 is 0 Å². The maximum absolute atomic E-state index is 12.5. The number of aliphatic imine (C=N–C) groups is 1. The Morgan fingerprint density at radius 2 is 1.74 bits per heavy atom. The number of rotatable bonds is 3. The Morgan fingerprint density at radius 3 is 2.48 bits per heavy atom. The van der Waals surface area contributed by atoms with Crippen molar-refractivity contribution < 1.29 is 9.21 Å². The Hall–Kier alpha value is -3.05. The summed E-state index contributed by atoms with van der Waals surface area (Å²) in [6.45, 7) is 2.05. The lowest BCUT2D eigenvalue weighted by molar-refractivity contribution is -0.121. The topological polar surface area (TPSA) is 45.8 Å². The van der Waals surface area contributed by atoms with Crippen molar-refractivity contribution in [3.63, 3.8) is 0 Å². The second-order valence-electron chi connectivity index (χ2n) is 6.27. The predicted octanol–water partition coefficient (Wildman–Crippen LogP) is 5.49. The quantitative estimate of drug-likeness (QED) is 0.570. The minimum Gasteiger partial charge on any atom is -0.457 e. The summed E-state index contributed by atoms with van der Waals surface area (Å²) in [6, 6.07) is 21.6. The number of benzene rings is 2. The van der Waals surface area contributed by atoms with E-state index in [1.165, 1.54) is 17.3 Å². The minimum atomic E-state index is -0.0806. The zero-order chi connectivity index (χ0) is 18.8. The number of hydrogen-bond acceptors (Lipinski definition) is 4. The first-order chi connectivity index (χ1) is 13.1. The fraction of sp³-hybridized carbons (Fsp3) is 0.0909. The lowest BCUT2D eigenvalue weighted by Crippen LogP contribution is -2.23. The summed E-state index contributed by atoms with van der Waals surface area (Å²) in [7, 11) is 1.73. The molecule has 5 heteroatoms. The second kappa shape index (κ2) is 7.29. The Bertz CT molecular complexity index is 1030. The van der Waals surface area contributed by atoms with Crippen LogP contribution in [0.2, 0.25) is 0 Å². The number of aryl methyl sites for hydroxylation is 1. The monoisotopic (exact) mass is 374 g/mol. The molecule has 1 fully saturated rings. The SMILES string of the molecule is Cc1ccc(-c2ccc(/C=C3\S/C(=N/c4ccccc4)N(C)C3=O)o2)cc1. The Morgan fingerprint density at radius 1 is 1.00 bits per heavy atom.